The highest BCUT2D eigenvalue weighted by molar-refractivity contribution is 7.89. The summed E-state index contributed by atoms with van der Waals surface area (Å²) < 4.78 is 26.5. The number of rotatable bonds is 5. The standard InChI is InChI=1S/C14H20N2O4S/c1-12(18)13-2-4-14(5-3-13)21(19,20)16-8-6-15(7-9-16)10-11-17/h2-5,17H,6-11H2,1H3. The van der Waals surface area contributed by atoms with E-state index in [0.29, 0.717) is 38.3 Å². The second kappa shape index (κ2) is 6.65. The zero-order valence-electron chi connectivity index (χ0n) is 12.0. The highest BCUT2D eigenvalue weighted by Gasteiger charge is 2.28. The van der Waals surface area contributed by atoms with E-state index >= 15 is 0 Å². The van der Waals surface area contributed by atoms with E-state index in [-0.39, 0.29) is 17.3 Å². The lowest BCUT2D eigenvalue weighted by Gasteiger charge is -2.33. The second-order valence-electron chi connectivity index (χ2n) is 5.05. The first-order valence-electron chi connectivity index (χ1n) is 6.89. The third kappa shape index (κ3) is 3.68. The number of piperazine rings is 1. The van der Waals surface area contributed by atoms with Crippen molar-refractivity contribution in [2.24, 2.45) is 0 Å². The third-order valence-electron chi connectivity index (χ3n) is 3.65. The fourth-order valence-electron chi connectivity index (χ4n) is 2.35. The van der Waals surface area contributed by atoms with Crippen LogP contribution < -0.4 is 0 Å². The lowest BCUT2D eigenvalue weighted by atomic mass is 10.2. The Kier molecular flexibility index (Phi) is 5.10. The number of hydrogen-bond donors (Lipinski definition) is 1. The van der Waals surface area contributed by atoms with Crippen LogP contribution in [0.15, 0.2) is 29.2 Å². The fourth-order valence-corrected chi connectivity index (χ4v) is 3.77. The van der Waals surface area contributed by atoms with E-state index in [1.807, 2.05) is 4.90 Å². The smallest absolute Gasteiger partial charge is 0.243 e. The van der Waals surface area contributed by atoms with Gasteiger partial charge >= 0.3 is 0 Å². The summed E-state index contributed by atoms with van der Waals surface area (Å²) in [6.07, 6.45) is 0. The zero-order chi connectivity index (χ0) is 15.5. The van der Waals surface area contributed by atoms with Gasteiger partial charge in [0.05, 0.1) is 11.5 Å². The van der Waals surface area contributed by atoms with Crippen LogP contribution in [-0.2, 0) is 10.0 Å². The molecule has 1 heterocycles. The molecule has 21 heavy (non-hydrogen) atoms. The van der Waals surface area contributed by atoms with Gasteiger partial charge in [0.25, 0.3) is 0 Å². The number of Topliss-reactive ketones (excluding diaryl/α,β-unsaturated/α-hetero) is 1. The van der Waals surface area contributed by atoms with Crippen molar-refractivity contribution < 1.29 is 18.3 Å². The van der Waals surface area contributed by atoms with Crippen molar-refractivity contribution in [3.8, 4) is 0 Å². The molecule has 1 saturated heterocycles. The van der Waals surface area contributed by atoms with Gasteiger partial charge in [0.2, 0.25) is 10.0 Å². The van der Waals surface area contributed by atoms with Crippen molar-refractivity contribution in [3.63, 3.8) is 0 Å². The Morgan fingerprint density at radius 3 is 2.19 bits per heavy atom. The van der Waals surface area contributed by atoms with Gasteiger partial charge in [-0.25, -0.2) is 8.42 Å². The van der Waals surface area contributed by atoms with Crippen molar-refractivity contribution >= 4 is 15.8 Å². The van der Waals surface area contributed by atoms with Crippen molar-refractivity contribution in [1.82, 2.24) is 9.21 Å². The van der Waals surface area contributed by atoms with Crippen LogP contribution in [0.5, 0.6) is 0 Å². The number of aliphatic hydroxyl groups is 1. The summed E-state index contributed by atoms with van der Waals surface area (Å²) in [6, 6.07) is 6.03. The van der Waals surface area contributed by atoms with Gasteiger partial charge in [0.1, 0.15) is 0 Å². The maximum Gasteiger partial charge on any atom is 0.243 e. The maximum absolute atomic E-state index is 12.5. The predicted octanol–water partition coefficient (Wildman–Crippen LogP) is 0.188. The Balaban J connectivity index is 2.10. The van der Waals surface area contributed by atoms with E-state index in [9.17, 15) is 13.2 Å². The van der Waals surface area contributed by atoms with E-state index < -0.39 is 10.0 Å². The molecule has 1 fully saturated rings. The van der Waals surface area contributed by atoms with Crippen LogP contribution in [0.3, 0.4) is 0 Å². The van der Waals surface area contributed by atoms with E-state index in [4.69, 9.17) is 5.11 Å². The number of sulfonamides is 1. The lowest BCUT2D eigenvalue weighted by molar-refractivity contribution is 0.101. The molecular weight excluding hydrogens is 292 g/mol. The van der Waals surface area contributed by atoms with Crippen LogP contribution in [0, 0.1) is 0 Å². The first kappa shape index (κ1) is 16.1. The molecule has 0 aromatic heterocycles. The number of benzene rings is 1. The summed E-state index contributed by atoms with van der Waals surface area (Å²) in [6.45, 7) is 4.16. The topological polar surface area (TPSA) is 77.9 Å². The largest absolute Gasteiger partial charge is 0.395 e. The minimum Gasteiger partial charge on any atom is -0.395 e. The summed E-state index contributed by atoms with van der Waals surface area (Å²) in [7, 11) is -3.51. The first-order chi connectivity index (χ1) is 9.95. The monoisotopic (exact) mass is 312 g/mol. The number of β-amino-alcohol motifs (C(OH)–C–C–N with tert-alkyl or cyclic N) is 1. The SMILES string of the molecule is CC(=O)c1ccc(S(=O)(=O)N2CCN(CCO)CC2)cc1. The Labute approximate surface area is 125 Å². The number of hydrogen-bond acceptors (Lipinski definition) is 5. The fraction of sp³-hybridized carbons (Fsp3) is 0.500. The molecule has 0 unspecified atom stereocenters. The summed E-state index contributed by atoms with van der Waals surface area (Å²) in [5, 5.41) is 8.89. The van der Waals surface area contributed by atoms with E-state index in [0.717, 1.165) is 0 Å². The third-order valence-corrected chi connectivity index (χ3v) is 5.56. The molecule has 1 N–H and O–H groups in total. The minimum atomic E-state index is -3.51. The highest BCUT2D eigenvalue weighted by Crippen LogP contribution is 2.18. The molecule has 0 saturated carbocycles. The molecule has 1 aromatic carbocycles. The lowest BCUT2D eigenvalue weighted by Crippen LogP contribution is -2.49. The first-order valence-corrected chi connectivity index (χ1v) is 8.33. The van der Waals surface area contributed by atoms with E-state index in [2.05, 4.69) is 0 Å². The number of carbonyl (C=O) groups is 1. The summed E-state index contributed by atoms with van der Waals surface area (Å²) in [4.78, 5) is 13.5. The molecule has 7 heteroatoms. The minimum absolute atomic E-state index is 0.0826. The second-order valence-corrected chi connectivity index (χ2v) is 6.99. The molecule has 0 spiro atoms. The van der Waals surface area contributed by atoms with Crippen molar-refractivity contribution in [3.05, 3.63) is 29.8 Å². The molecule has 0 amide bonds. The average Bonchev–Trinajstić information content (AvgIpc) is 2.48. The number of carbonyl (C=O) groups excluding carboxylic acids is 1. The van der Waals surface area contributed by atoms with Gasteiger partial charge in [-0.15, -0.1) is 0 Å². The Morgan fingerprint density at radius 1 is 1.14 bits per heavy atom. The normalized spacial score (nSPS) is 17.8. The molecule has 0 radical (unpaired) electrons. The van der Waals surface area contributed by atoms with E-state index in [1.54, 1.807) is 0 Å². The number of aliphatic hydroxyl groups excluding tert-OH is 1. The van der Waals surface area contributed by atoms with Crippen LogP contribution in [0.2, 0.25) is 0 Å². The van der Waals surface area contributed by atoms with Gasteiger partial charge in [0, 0.05) is 38.3 Å². The summed E-state index contributed by atoms with van der Waals surface area (Å²) >= 11 is 0. The Hall–Kier alpha value is -1.28. The van der Waals surface area contributed by atoms with Crippen LogP contribution in [0.4, 0.5) is 0 Å². The number of ketones is 1. The molecular formula is C14H20N2O4S. The molecule has 0 aliphatic carbocycles. The van der Waals surface area contributed by atoms with Crippen LogP contribution in [-0.4, -0.2) is 67.8 Å². The van der Waals surface area contributed by atoms with Crippen molar-refractivity contribution in [2.75, 3.05) is 39.3 Å². The van der Waals surface area contributed by atoms with Gasteiger partial charge in [0.15, 0.2) is 5.78 Å². The predicted molar refractivity (Wildman–Crippen MR) is 78.7 cm³/mol. The molecule has 116 valence electrons. The molecule has 1 aliphatic heterocycles. The van der Waals surface area contributed by atoms with Crippen LogP contribution >= 0.6 is 0 Å². The summed E-state index contributed by atoms with van der Waals surface area (Å²) in [5.41, 5.74) is 0.502. The number of nitrogens with zero attached hydrogens (tertiary/aromatic N) is 2. The summed E-state index contributed by atoms with van der Waals surface area (Å²) in [5.74, 6) is -0.0865. The molecule has 1 aliphatic rings. The molecule has 1 aromatic rings. The quantitative estimate of drug-likeness (QED) is 0.785. The Morgan fingerprint density at radius 2 is 1.71 bits per heavy atom. The van der Waals surface area contributed by atoms with Gasteiger partial charge in [-0.2, -0.15) is 4.31 Å². The van der Waals surface area contributed by atoms with Crippen LogP contribution in [0.1, 0.15) is 17.3 Å². The van der Waals surface area contributed by atoms with Crippen molar-refractivity contribution in [2.45, 2.75) is 11.8 Å². The van der Waals surface area contributed by atoms with Gasteiger partial charge in [-0.3, -0.25) is 9.69 Å². The van der Waals surface area contributed by atoms with E-state index in [1.165, 1.54) is 35.5 Å². The van der Waals surface area contributed by atoms with Gasteiger partial charge in [-0.1, -0.05) is 12.1 Å². The molecule has 6 nitrogen and oxygen atoms in total. The zero-order valence-corrected chi connectivity index (χ0v) is 12.8. The van der Waals surface area contributed by atoms with Gasteiger partial charge in [-0.05, 0) is 19.1 Å². The molecule has 0 bridgehead atoms. The van der Waals surface area contributed by atoms with Crippen molar-refractivity contribution in [1.29, 1.82) is 0 Å². The van der Waals surface area contributed by atoms with Crippen LogP contribution in [0.25, 0.3) is 0 Å². The highest BCUT2D eigenvalue weighted by atomic mass is 32.2. The molecule has 0 atom stereocenters. The average molecular weight is 312 g/mol. The molecule has 2 rings (SSSR count). The Bertz CT molecular complexity index is 590. The van der Waals surface area contributed by atoms with Gasteiger partial charge < -0.3 is 5.11 Å². The maximum atomic E-state index is 12.5.